The first kappa shape index (κ1) is 19.4. The van der Waals surface area contributed by atoms with Gasteiger partial charge in [0.05, 0.1) is 28.4 Å². The first-order valence-electron chi connectivity index (χ1n) is 9.25. The van der Waals surface area contributed by atoms with E-state index >= 15 is 0 Å². The minimum atomic E-state index is -0.383. The van der Waals surface area contributed by atoms with Crippen LogP contribution in [-0.2, 0) is 4.74 Å². The monoisotopic (exact) mass is 387 g/mol. The van der Waals surface area contributed by atoms with Gasteiger partial charge in [0, 0.05) is 26.2 Å². The Morgan fingerprint density at radius 3 is 2.56 bits per heavy atom. The Kier molecular flexibility index (Phi) is 6.47. The third kappa shape index (κ3) is 4.67. The molecule has 1 N–H and O–H groups in total. The van der Waals surface area contributed by atoms with Crippen LogP contribution in [0.5, 0.6) is 0 Å². The van der Waals surface area contributed by atoms with E-state index in [1.54, 1.807) is 25.1 Å². The minimum absolute atomic E-state index is 0.167. The second-order valence-corrected chi connectivity index (χ2v) is 7.25. The van der Waals surface area contributed by atoms with Crippen LogP contribution in [0.4, 0.5) is 11.4 Å². The number of rotatable bonds is 6. The van der Waals surface area contributed by atoms with Gasteiger partial charge in [-0.25, -0.2) is 4.79 Å². The van der Waals surface area contributed by atoms with Crippen molar-refractivity contribution in [2.75, 3.05) is 49.5 Å². The summed E-state index contributed by atoms with van der Waals surface area (Å²) in [7, 11) is 0. The molecular formula is C20H25N3O3S. The quantitative estimate of drug-likeness (QED) is 0.771. The number of esters is 1. The summed E-state index contributed by atoms with van der Waals surface area (Å²) in [5, 5.41) is 4.85. The number of hydrogen-bond acceptors (Lipinski definition) is 6. The van der Waals surface area contributed by atoms with Gasteiger partial charge >= 0.3 is 5.97 Å². The van der Waals surface area contributed by atoms with E-state index in [0.717, 1.165) is 38.4 Å². The molecule has 1 aromatic heterocycles. The van der Waals surface area contributed by atoms with Gasteiger partial charge in [-0.1, -0.05) is 13.0 Å². The SMILES string of the molecule is CCOC(=O)c1ccc(N2CCN(CC)CC2)c(NC(=O)c2cccs2)c1. The van der Waals surface area contributed by atoms with Gasteiger partial charge in [0.2, 0.25) is 0 Å². The summed E-state index contributed by atoms with van der Waals surface area (Å²) < 4.78 is 5.10. The van der Waals surface area contributed by atoms with E-state index in [-0.39, 0.29) is 11.9 Å². The fourth-order valence-electron chi connectivity index (χ4n) is 3.15. The van der Waals surface area contributed by atoms with E-state index in [2.05, 4.69) is 22.0 Å². The summed E-state index contributed by atoms with van der Waals surface area (Å²) in [6, 6.07) is 9.01. The lowest BCUT2D eigenvalue weighted by Crippen LogP contribution is -2.46. The number of amides is 1. The average molecular weight is 388 g/mol. The number of carbonyl (C=O) groups is 2. The summed E-state index contributed by atoms with van der Waals surface area (Å²) >= 11 is 1.39. The van der Waals surface area contributed by atoms with Crippen molar-refractivity contribution >= 4 is 34.6 Å². The summed E-state index contributed by atoms with van der Waals surface area (Å²) in [6.07, 6.45) is 0. The smallest absolute Gasteiger partial charge is 0.338 e. The van der Waals surface area contributed by atoms with Crippen molar-refractivity contribution in [2.24, 2.45) is 0 Å². The van der Waals surface area contributed by atoms with Crippen LogP contribution in [0.1, 0.15) is 33.9 Å². The molecular weight excluding hydrogens is 362 g/mol. The number of nitrogens with zero attached hydrogens (tertiary/aromatic N) is 2. The number of carbonyl (C=O) groups excluding carboxylic acids is 2. The molecule has 2 aromatic rings. The number of hydrogen-bond donors (Lipinski definition) is 1. The molecule has 3 rings (SSSR count). The van der Waals surface area contributed by atoms with E-state index in [0.29, 0.717) is 22.7 Å². The van der Waals surface area contributed by atoms with Crippen molar-refractivity contribution < 1.29 is 14.3 Å². The molecule has 1 fully saturated rings. The Bertz CT molecular complexity index is 784. The van der Waals surface area contributed by atoms with E-state index in [4.69, 9.17) is 4.74 Å². The van der Waals surface area contributed by atoms with E-state index in [1.807, 2.05) is 17.5 Å². The molecule has 0 spiro atoms. The number of thiophene rings is 1. The minimum Gasteiger partial charge on any atom is -0.462 e. The van der Waals surface area contributed by atoms with Gasteiger partial charge in [0.15, 0.2) is 0 Å². The van der Waals surface area contributed by atoms with Crippen LogP contribution in [0.3, 0.4) is 0 Å². The van der Waals surface area contributed by atoms with Crippen molar-refractivity contribution in [3.05, 3.63) is 46.2 Å². The van der Waals surface area contributed by atoms with E-state index in [1.165, 1.54) is 11.3 Å². The molecule has 1 aromatic carbocycles. The van der Waals surface area contributed by atoms with Crippen molar-refractivity contribution in [1.82, 2.24) is 4.90 Å². The summed E-state index contributed by atoms with van der Waals surface area (Å²) in [4.78, 5) is 30.0. The topological polar surface area (TPSA) is 61.9 Å². The average Bonchev–Trinajstić information content (AvgIpc) is 3.23. The normalized spacial score (nSPS) is 14.8. The highest BCUT2D eigenvalue weighted by atomic mass is 32.1. The number of anilines is 2. The van der Waals surface area contributed by atoms with Gasteiger partial charge in [-0.2, -0.15) is 0 Å². The number of likely N-dealkylation sites (N-methyl/N-ethyl adjacent to an activating group) is 1. The maximum atomic E-state index is 12.6. The molecule has 1 aliphatic rings. The molecule has 0 saturated carbocycles. The molecule has 144 valence electrons. The Balaban J connectivity index is 1.87. The summed E-state index contributed by atoms with van der Waals surface area (Å²) in [5.41, 5.74) is 2.02. The highest BCUT2D eigenvalue weighted by Crippen LogP contribution is 2.29. The second-order valence-electron chi connectivity index (χ2n) is 6.31. The third-order valence-corrected chi connectivity index (χ3v) is 5.53. The van der Waals surface area contributed by atoms with Crippen molar-refractivity contribution in [2.45, 2.75) is 13.8 Å². The zero-order chi connectivity index (χ0) is 19.2. The molecule has 0 bridgehead atoms. The lowest BCUT2D eigenvalue weighted by Gasteiger charge is -2.36. The molecule has 0 unspecified atom stereocenters. The van der Waals surface area contributed by atoms with Gasteiger partial charge in [0.25, 0.3) is 5.91 Å². The van der Waals surface area contributed by atoms with Crippen LogP contribution in [-0.4, -0.2) is 56.1 Å². The molecule has 2 heterocycles. The molecule has 1 saturated heterocycles. The fraction of sp³-hybridized carbons (Fsp3) is 0.400. The summed E-state index contributed by atoms with van der Waals surface area (Å²) in [6.45, 7) is 9.02. The predicted molar refractivity (Wildman–Crippen MR) is 109 cm³/mol. The highest BCUT2D eigenvalue weighted by Gasteiger charge is 2.21. The fourth-order valence-corrected chi connectivity index (χ4v) is 3.77. The number of benzene rings is 1. The van der Waals surface area contributed by atoms with Crippen LogP contribution in [0, 0.1) is 0 Å². The molecule has 0 aliphatic carbocycles. The lowest BCUT2D eigenvalue weighted by atomic mass is 10.1. The Morgan fingerprint density at radius 2 is 1.93 bits per heavy atom. The van der Waals surface area contributed by atoms with Crippen LogP contribution >= 0.6 is 11.3 Å². The van der Waals surface area contributed by atoms with Crippen LogP contribution in [0.2, 0.25) is 0 Å². The first-order chi connectivity index (χ1) is 13.1. The predicted octanol–water partition coefficient (Wildman–Crippen LogP) is 3.32. The van der Waals surface area contributed by atoms with Gasteiger partial charge in [-0.3, -0.25) is 4.79 Å². The zero-order valence-corrected chi connectivity index (χ0v) is 16.6. The second kappa shape index (κ2) is 9.01. The maximum absolute atomic E-state index is 12.6. The summed E-state index contributed by atoms with van der Waals surface area (Å²) in [5.74, 6) is -0.550. The molecule has 6 nitrogen and oxygen atoms in total. The van der Waals surface area contributed by atoms with E-state index < -0.39 is 0 Å². The maximum Gasteiger partial charge on any atom is 0.338 e. The van der Waals surface area contributed by atoms with Gasteiger partial charge in [0.1, 0.15) is 0 Å². The highest BCUT2D eigenvalue weighted by molar-refractivity contribution is 7.12. The van der Waals surface area contributed by atoms with Crippen LogP contribution in [0.15, 0.2) is 35.7 Å². The van der Waals surface area contributed by atoms with Crippen LogP contribution in [0.25, 0.3) is 0 Å². The Hall–Kier alpha value is -2.38. The number of ether oxygens (including phenoxy) is 1. The molecule has 1 amide bonds. The Labute approximate surface area is 163 Å². The standard InChI is InChI=1S/C20H25N3O3S/c1-3-22-9-11-23(12-10-22)17-8-7-15(20(25)26-4-2)14-16(17)21-19(24)18-6-5-13-27-18/h5-8,13-14H,3-4,9-12H2,1-2H3,(H,21,24). The molecule has 0 atom stereocenters. The van der Waals surface area contributed by atoms with Gasteiger partial charge in [-0.05, 0) is 43.1 Å². The molecule has 0 radical (unpaired) electrons. The largest absolute Gasteiger partial charge is 0.462 e. The molecule has 1 aliphatic heterocycles. The first-order valence-corrected chi connectivity index (χ1v) is 10.1. The van der Waals surface area contributed by atoms with Gasteiger partial charge in [-0.15, -0.1) is 11.3 Å². The Morgan fingerprint density at radius 1 is 1.15 bits per heavy atom. The molecule has 7 heteroatoms. The van der Waals surface area contributed by atoms with Crippen molar-refractivity contribution in [3.63, 3.8) is 0 Å². The molecule has 27 heavy (non-hydrogen) atoms. The third-order valence-electron chi connectivity index (χ3n) is 4.66. The zero-order valence-electron chi connectivity index (χ0n) is 15.7. The number of nitrogens with one attached hydrogen (secondary N) is 1. The van der Waals surface area contributed by atoms with Crippen molar-refractivity contribution in [3.8, 4) is 0 Å². The van der Waals surface area contributed by atoms with Gasteiger partial charge < -0.3 is 19.9 Å². The number of piperazine rings is 1. The van der Waals surface area contributed by atoms with Crippen molar-refractivity contribution in [1.29, 1.82) is 0 Å². The van der Waals surface area contributed by atoms with Crippen LogP contribution < -0.4 is 10.2 Å². The van der Waals surface area contributed by atoms with E-state index in [9.17, 15) is 9.59 Å². The lowest BCUT2D eigenvalue weighted by molar-refractivity contribution is 0.0526.